The number of aryl methyl sites for hydroxylation is 1. The van der Waals surface area contributed by atoms with Crippen LogP contribution in [-0.4, -0.2) is 20.6 Å². The molecule has 0 unspecified atom stereocenters. The highest BCUT2D eigenvalue weighted by Gasteiger charge is 2.32. The topological polar surface area (TPSA) is 71.7 Å². The van der Waals surface area contributed by atoms with E-state index >= 15 is 0 Å². The number of benzene rings is 3. The molecule has 4 aromatic rings. The number of nitrogens with zero attached hydrogens (tertiary/aromatic N) is 1. The number of hydrogen-bond acceptors (Lipinski definition) is 4. The van der Waals surface area contributed by atoms with E-state index in [2.05, 4.69) is 0 Å². The molecule has 1 aromatic heterocycles. The van der Waals surface area contributed by atoms with Crippen LogP contribution in [-0.2, 0) is 7.05 Å². The van der Waals surface area contributed by atoms with E-state index in [1.807, 2.05) is 35.9 Å². The van der Waals surface area contributed by atoms with Gasteiger partial charge in [0.25, 0.3) is 0 Å². The maximum atomic E-state index is 13.9. The van der Waals surface area contributed by atoms with Crippen LogP contribution in [0.3, 0.4) is 0 Å². The molecule has 2 heterocycles. The first-order valence-corrected chi connectivity index (χ1v) is 9.27. The van der Waals surface area contributed by atoms with E-state index in [1.165, 1.54) is 18.2 Å². The van der Waals surface area contributed by atoms with Crippen LogP contribution in [0.25, 0.3) is 28.2 Å². The Hall–Kier alpha value is -4.06. The number of ether oxygens (including phenoxy) is 1. The largest absolute Gasteiger partial charge is 0.508 e. The van der Waals surface area contributed by atoms with Gasteiger partial charge in [0.15, 0.2) is 5.76 Å². The third kappa shape index (κ3) is 2.65. The quantitative estimate of drug-likeness (QED) is 0.463. The van der Waals surface area contributed by atoms with Crippen molar-refractivity contribution in [3.8, 4) is 28.5 Å². The van der Waals surface area contributed by atoms with Gasteiger partial charge in [0.05, 0.1) is 5.69 Å². The van der Waals surface area contributed by atoms with E-state index in [1.54, 1.807) is 18.2 Å². The Kier molecular flexibility index (Phi) is 3.89. The first-order valence-electron chi connectivity index (χ1n) is 9.27. The highest BCUT2D eigenvalue weighted by atomic mass is 19.1. The van der Waals surface area contributed by atoms with Gasteiger partial charge in [-0.1, -0.05) is 30.3 Å². The van der Waals surface area contributed by atoms with Crippen molar-refractivity contribution in [2.75, 3.05) is 0 Å². The van der Waals surface area contributed by atoms with E-state index in [0.29, 0.717) is 11.1 Å². The number of carbonyl (C=O) groups is 1. The van der Waals surface area contributed by atoms with Gasteiger partial charge in [-0.25, -0.2) is 4.39 Å². The number of ketones is 1. The molecule has 5 nitrogen and oxygen atoms in total. The van der Waals surface area contributed by atoms with E-state index in [9.17, 15) is 19.4 Å². The minimum absolute atomic E-state index is 0.00610. The Balaban J connectivity index is 1.75. The zero-order valence-electron chi connectivity index (χ0n) is 15.9. The van der Waals surface area contributed by atoms with Crippen molar-refractivity contribution in [3.05, 3.63) is 83.4 Å². The minimum Gasteiger partial charge on any atom is -0.508 e. The van der Waals surface area contributed by atoms with Gasteiger partial charge < -0.3 is 19.5 Å². The number of aromatic nitrogens is 1. The second-order valence-electron chi connectivity index (χ2n) is 7.13. The lowest BCUT2D eigenvalue weighted by molar-refractivity contribution is 0.101. The van der Waals surface area contributed by atoms with Gasteiger partial charge in [-0.2, -0.15) is 0 Å². The van der Waals surface area contributed by atoms with E-state index in [4.69, 9.17) is 4.74 Å². The molecule has 0 bridgehead atoms. The van der Waals surface area contributed by atoms with Gasteiger partial charge in [0, 0.05) is 41.2 Å². The number of phenols is 2. The molecule has 2 N–H and O–H groups in total. The zero-order chi connectivity index (χ0) is 21.0. The van der Waals surface area contributed by atoms with Crippen LogP contribution in [0.1, 0.15) is 15.9 Å². The molecular formula is C24H16FNO4. The summed E-state index contributed by atoms with van der Waals surface area (Å²) < 4.78 is 21.5. The highest BCUT2D eigenvalue weighted by Crippen LogP contribution is 2.42. The SMILES string of the molecule is Cn1c(-c2cccc(F)c2)c(C=C2Oc3cc(O)cc(O)c3C2=O)c2ccccc21. The lowest BCUT2D eigenvalue weighted by Gasteiger charge is -2.07. The number of carbonyl (C=O) groups excluding carboxylic acids is 1. The molecule has 1 aliphatic rings. The van der Waals surface area contributed by atoms with Crippen LogP contribution in [0.5, 0.6) is 17.2 Å². The summed E-state index contributed by atoms with van der Waals surface area (Å²) in [5.41, 5.74) is 2.99. The van der Waals surface area contributed by atoms with E-state index in [-0.39, 0.29) is 34.4 Å². The van der Waals surface area contributed by atoms with Gasteiger partial charge in [0.1, 0.15) is 28.6 Å². The predicted octanol–water partition coefficient (Wildman–Crippen LogP) is 5.01. The third-order valence-corrected chi connectivity index (χ3v) is 5.26. The molecule has 1 aliphatic heterocycles. The summed E-state index contributed by atoms with van der Waals surface area (Å²) in [6.07, 6.45) is 1.60. The molecule has 6 heteroatoms. The van der Waals surface area contributed by atoms with Gasteiger partial charge in [-0.05, 0) is 24.3 Å². The fraction of sp³-hybridized carbons (Fsp3) is 0.0417. The number of allylic oxidation sites excluding steroid dienone is 1. The number of halogens is 1. The van der Waals surface area contributed by atoms with Gasteiger partial charge in [-0.3, -0.25) is 4.79 Å². The van der Waals surface area contributed by atoms with E-state index < -0.39 is 5.78 Å². The number of phenolic OH excluding ortho intramolecular Hbond substituents is 2. The first kappa shape index (κ1) is 18.0. The lowest BCUT2D eigenvalue weighted by atomic mass is 10.0. The van der Waals surface area contributed by atoms with Crippen molar-refractivity contribution in [2.45, 2.75) is 0 Å². The first-order chi connectivity index (χ1) is 14.4. The molecule has 0 saturated carbocycles. The summed E-state index contributed by atoms with van der Waals surface area (Å²) in [4.78, 5) is 12.9. The summed E-state index contributed by atoms with van der Waals surface area (Å²) in [5.74, 6) is -1.29. The maximum absolute atomic E-state index is 13.9. The number of para-hydroxylation sites is 1. The monoisotopic (exact) mass is 401 g/mol. The average Bonchev–Trinajstić information content (AvgIpc) is 3.17. The Morgan fingerprint density at radius 1 is 1.03 bits per heavy atom. The predicted molar refractivity (Wildman–Crippen MR) is 111 cm³/mol. The van der Waals surface area contributed by atoms with Crippen molar-refractivity contribution >= 4 is 22.8 Å². The Labute approximate surface area is 170 Å². The second-order valence-corrected chi connectivity index (χ2v) is 7.13. The van der Waals surface area contributed by atoms with Gasteiger partial charge >= 0.3 is 0 Å². The van der Waals surface area contributed by atoms with Crippen LogP contribution in [0.4, 0.5) is 4.39 Å². The van der Waals surface area contributed by atoms with Crippen LogP contribution >= 0.6 is 0 Å². The molecule has 0 fully saturated rings. The molecule has 30 heavy (non-hydrogen) atoms. The average molecular weight is 401 g/mol. The number of rotatable bonds is 2. The van der Waals surface area contributed by atoms with Crippen LogP contribution in [0.2, 0.25) is 0 Å². The zero-order valence-corrected chi connectivity index (χ0v) is 15.9. The standard InChI is InChI=1S/C24H16FNO4/c1-26-18-8-3-2-7-16(18)17(23(26)13-5-4-6-14(25)9-13)12-21-24(29)22-19(28)10-15(27)11-20(22)30-21/h2-12,27-28H,1H3. The third-order valence-electron chi connectivity index (χ3n) is 5.26. The summed E-state index contributed by atoms with van der Waals surface area (Å²) in [6, 6.07) is 16.3. The molecule has 5 rings (SSSR count). The van der Waals surface area contributed by atoms with Gasteiger partial charge in [0.2, 0.25) is 5.78 Å². The van der Waals surface area contributed by atoms with E-state index in [0.717, 1.165) is 22.7 Å². The molecule has 0 spiro atoms. The van der Waals surface area contributed by atoms with Crippen LogP contribution in [0.15, 0.2) is 66.4 Å². The summed E-state index contributed by atoms with van der Waals surface area (Å²) in [6.45, 7) is 0. The molecule has 0 amide bonds. The Morgan fingerprint density at radius 2 is 1.83 bits per heavy atom. The normalized spacial score (nSPS) is 14.3. The lowest BCUT2D eigenvalue weighted by Crippen LogP contribution is -1.99. The number of aromatic hydroxyl groups is 2. The number of hydrogen-bond donors (Lipinski definition) is 2. The molecule has 3 aromatic carbocycles. The van der Waals surface area contributed by atoms with Crippen molar-refractivity contribution < 1.29 is 24.1 Å². The molecule has 0 saturated heterocycles. The van der Waals surface area contributed by atoms with Crippen LogP contribution in [0, 0.1) is 5.82 Å². The van der Waals surface area contributed by atoms with Gasteiger partial charge in [-0.15, -0.1) is 0 Å². The molecule has 0 atom stereocenters. The van der Waals surface area contributed by atoms with Crippen molar-refractivity contribution in [3.63, 3.8) is 0 Å². The fourth-order valence-corrected chi connectivity index (χ4v) is 3.96. The van der Waals surface area contributed by atoms with Crippen molar-refractivity contribution in [1.29, 1.82) is 0 Å². The summed E-state index contributed by atoms with van der Waals surface area (Å²) in [7, 11) is 1.88. The molecule has 0 aliphatic carbocycles. The highest BCUT2D eigenvalue weighted by molar-refractivity contribution is 6.17. The smallest absolute Gasteiger partial charge is 0.235 e. The Bertz CT molecular complexity index is 1380. The number of fused-ring (bicyclic) bond motifs is 2. The van der Waals surface area contributed by atoms with Crippen LogP contribution < -0.4 is 4.74 Å². The molecular weight excluding hydrogens is 385 g/mol. The number of Topliss-reactive ketones (excluding diaryl/α,β-unsaturated/α-hetero) is 1. The van der Waals surface area contributed by atoms with Crippen molar-refractivity contribution in [2.24, 2.45) is 7.05 Å². The molecule has 0 radical (unpaired) electrons. The minimum atomic E-state index is -0.486. The maximum Gasteiger partial charge on any atom is 0.235 e. The summed E-state index contributed by atoms with van der Waals surface area (Å²) in [5, 5.41) is 20.6. The second kappa shape index (κ2) is 6.49. The Morgan fingerprint density at radius 3 is 2.63 bits per heavy atom. The molecule has 148 valence electrons. The fourth-order valence-electron chi connectivity index (χ4n) is 3.96. The summed E-state index contributed by atoms with van der Waals surface area (Å²) >= 11 is 0. The van der Waals surface area contributed by atoms with Crippen molar-refractivity contribution in [1.82, 2.24) is 4.57 Å².